The average Bonchev–Trinajstić information content (AvgIpc) is 2.97. The van der Waals surface area contributed by atoms with Crippen molar-refractivity contribution in [2.75, 3.05) is 55.5 Å². The molecule has 216 valence electrons. The number of hydrogen-bond acceptors (Lipinski definition) is 10. The maximum Gasteiger partial charge on any atom is 0.251 e. The zero-order chi connectivity index (χ0) is 28.6. The smallest absolute Gasteiger partial charge is 0.251 e. The van der Waals surface area contributed by atoms with E-state index >= 15 is 0 Å². The summed E-state index contributed by atoms with van der Waals surface area (Å²) < 4.78 is 24.0. The van der Waals surface area contributed by atoms with E-state index in [0.717, 1.165) is 18.4 Å². The van der Waals surface area contributed by atoms with Crippen LogP contribution in [0.5, 0.6) is 0 Å². The fourth-order valence-electron chi connectivity index (χ4n) is 3.65. The first-order valence-electron chi connectivity index (χ1n) is 13.5. The highest BCUT2D eigenvalue weighted by Gasteiger charge is 2.12. The van der Waals surface area contributed by atoms with Gasteiger partial charge in [0.25, 0.3) is 5.91 Å². The Morgan fingerprint density at radius 2 is 1.62 bits per heavy atom. The lowest BCUT2D eigenvalue weighted by Crippen LogP contribution is -2.27. The molecular formula is C28H39FN8O3. The highest BCUT2D eigenvalue weighted by molar-refractivity contribution is 5.95. The molecule has 0 unspecified atom stereocenters. The number of carbonyl (C=O) groups excluding carboxylic acids is 1. The lowest BCUT2D eigenvalue weighted by molar-refractivity contribution is 0.0511. The maximum absolute atomic E-state index is 13.3. The Hall–Kier alpha value is -3.87. The number of hydrogen-bond donors (Lipinski definition) is 5. The van der Waals surface area contributed by atoms with Crippen LogP contribution >= 0.6 is 0 Å². The van der Waals surface area contributed by atoms with Gasteiger partial charge in [-0.2, -0.15) is 15.0 Å². The van der Waals surface area contributed by atoms with Crippen LogP contribution in [0.25, 0.3) is 0 Å². The van der Waals surface area contributed by atoms with Gasteiger partial charge in [-0.05, 0) is 48.7 Å². The molecule has 0 atom stereocenters. The van der Waals surface area contributed by atoms with Gasteiger partial charge >= 0.3 is 0 Å². The molecule has 0 spiro atoms. The molecule has 1 amide bonds. The third-order valence-electron chi connectivity index (χ3n) is 5.87. The molecule has 0 saturated carbocycles. The number of anilines is 4. The van der Waals surface area contributed by atoms with E-state index in [1.165, 1.54) is 12.1 Å². The Morgan fingerprint density at radius 3 is 2.35 bits per heavy atom. The summed E-state index contributed by atoms with van der Waals surface area (Å²) >= 11 is 0. The second-order valence-electron chi connectivity index (χ2n) is 8.92. The molecule has 0 saturated heterocycles. The quantitative estimate of drug-likeness (QED) is 0.147. The van der Waals surface area contributed by atoms with Crippen molar-refractivity contribution in [3.63, 3.8) is 0 Å². The van der Waals surface area contributed by atoms with Crippen LogP contribution in [0.4, 0.5) is 27.9 Å². The van der Waals surface area contributed by atoms with Crippen molar-refractivity contribution in [1.82, 2.24) is 20.3 Å². The van der Waals surface area contributed by atoms with Crippen molar-refractivity contribution in [3.8, 4) is 0 Å². The lowest BCUT2D eigenvalue weighted by atomic mass is 10.2. The molecule has 2 aromatic carbocycles. The number of carbonyl (C=O) groups is 1. The van der Waals surface area contributed by atoms with Gasteiger partial charge in [0.05, 0.1) is 26.4 Å². The molecule has 0 aliphatic carbocycles. The number of rotatable bonds is 18. The molecule has 40 heavy (non-hydrogen) atoms. The SMILES string of the molecule is CCC(CC)Nc1nc(NCc2ccc(F)cc2)nc(Nc2cccc(C(=O)NCCOCCOCCN)c2)n1. The number of benzene rings is 2. The van der Waals surface area contributed by atoms with E-state index in [1.807, 2.05) is 6.07 Å². The van der Waals surface area contributed by atoms with E-state index in [2.05, 4.69) is 50.1 Å². The first kappa shape index (κ1) is 30.7. The van der Waals surface area contributed by atoms with E-state index in [9.17, 15) is 9.18 Å². The minimum absolute atomic E-state index is 0.203. The summed E-state index contributed by atoms with van der Waals surface area (Å²) in [4.78, 5) is 26.2. The van der Waals surface area contributed by atoms with E-state index in [1.54, 1.807) is 30.3 Å². The van der Waals surface area contributed by atoms with Gasteiger partial charge in [0.2, 0.25) is 17.8 Å². The van der Waals surface area contributed by atoms with Crippen LogP contribution in [0, 0.1) is 5.82 Å². The van der Waals surface area contributed by atoms with E-state index < -0.39 is 0 Å². The van der Waals surface area contributed by atoms with Crippen molar-refractivity contribution >= 4 is 29.4 Å². The number of nitrogens with one attached hydrogen (secondary N) is 4. The van der Waals surface area contributed by atoms with Gasteiger partial charge in [0.1, 0.15) is 5.82 Å². The molecule has 1 heterocycles. The van der Waals surface area contributed by atoms with Crippen molar-refractivity contribution in [1.29, 1.82) is 0 Å². The maximum atomic E-state index is 13.3. The van der Waals surface area contributed by atoms with Crippen LogP contribution < -0.4 is 27.0 Å². The Kier molecular flexibility index (Phi) is 13.0. The summed E-state index contributed by atoms with van der Waals surface area (Å²) in [7, 11) is 0. The molecular weight excluding hydrogens is 515 g/mol. The van der Waals surface area contributed by atoms with Crippen LogP contribution in [0.15, 0.2) is 48.5 Å². The van der Waals surface area contributed by atoms with Gasteiger partial charge in [-0.25, -0.2) is 4.39 Å². The number of nitrogens with zero attached hydrogens (tertiary/aromatic N) is 3. The molecule has 0 fully saturated rings. The topological polar surface area (TPSA) is 148 Å². The summed E-state index contributed by atoms with van der Waals surface area (Å²) in [6.45, 7) is 7.22. The van der Waals surface area contributed by atoms with Gasteiger partial charge in [-0.3, -0.25) is 4.79 Å². The highest BCUT2D eigenvalue weighted by atomic mass is 19.1. The lowest BCUT2D eigenvalue weighted by Gasteiger charge is -2.16. The Morgan fingerprint density at radius 1 is 0.925 bits per heavy atom. The molecule has 0 aliphatic rings. The predicted octanol–water partition coefficient (Wildman–Crippen LogP) is 3.69. The number of halogens is 1. The highest BCUT2D eigenvalue weighted by Crippen LogP contribution is 2.19. The normalized spacial score (nSPS) is 10.9. The standard InChI is InChI=1S/C28H39FN8O3/c1-3-23(4-2)33-27-35-26(32-19-20-8-10-22(29)11-9-20)36-28(37-27)34-24-7-5-6-21(18-24)25(38)31-13-15-40-17-16-39-14-12-30/h5-11,18,23H,3-4,12-17,19,30H2,1-2H3,(H,31,38)(H3,32,33,34,35,36,37). The van der Waals surface area contributed by atoms with E-state index in [-0.39, 0.29) is 17.8 Å². The molecule has 11 nitrogen and oxygen atoms in total. The second kappa shape index (κ2) is 17.0. The summed E-state index contributed by atoms with van der Waals surface area (Å²) in [5.41, 5.74) is 7.38. The Balaban J connectivity index is 1.64. The summed E-state index contributed by atoms with van der Waals surface area (Å²) in [5.74, 6) is 0.584. The largest absolute Gasteiger partial charge is 0.378 e. The van der Waals surface area contributed by atoms with Crippen molar-refractivity contribution in [2.45, 2.75) is 39.3 Å². The number of ether oxygens (including phenoxy) is 2. The minimum atomic E-state index is -0.291. The second-order valence-corrected chi connectivity index (χ2v) is 8.92. The number of aromatic nitrogens is 3. The molecule has 12 heteroatoms. The summed E-state index contributed by atoms with van der Waals surface area (Å²) in [6, 6.07) is 13.5. The Bertz CT molecular complexity index is 1180. The van der Waals surface area contributed by atoms with Crippen LogP contribution in [0.1, 0.15) is 42.6 Å². The molecule has 1 aromatic heterocycles. The first-order valence-corrected chi connectivity index (χ1v) is 13.5. The number of amides is 1. The molecule has 6 N–H and O–H groups in total. The number of nitrogens with two attached hydrogens (primary N) is 1. The average molecular weight is 555 g/mol. The molecule has 3 aromatic rings. The van der Waals surface area contributed by atoms with Crippen molar-refractivity contribution in [3.05, 3.63) is 65.5 Å². The zero-order valence-electron chi connectivity index (χ0n) is 23.1. The van der Waals surface area contributed by atoms with Gasteiger partial charge in [-0.1, -0.05) is 32.0 Å². The fraction of sp³-hybridized carbons (Fsp3) is 0.429. The monoisotopic (exact) mass is 554 g/mol. The van der Waals surface area contributed by atoms with E-state index in [4.69, 9.17) is 15.2 Å². The van der Waals surface area contributed by atoms with Crippen molar-refractivity contribution < 1.29 is 18.7 Å². The third kappa shape index (κ3) is 10.7. The fourth-order valence-corrected chi connectivity index (χ4v) is 3.65. The third-order valence-corrected chi connectivity index (χ3v) is 5.87. The van der Waals surface area contributed by atoms with E-state index in [0.29, 0.717) is 75.2 Å². The van der Waals surface area contributed by atoms with Gasteiger partial charge in [0.15, 0.2) is 0 Å². The molecule has 3 rings (SSSR count). The molecule has 0 bridgehead atoms. The van der Waals surface area contributed by atoms with Crippen LogP contribution in [-0.4, -0.2) is 66.4 Å². The van der Waals surface area contributed by atoms with Crippen LogP contribution in [-0.2, 0) is 16.0 Å². The van der Waals surface area contributed by atoms with Gasteiger partial charge in [0, 0.05) is 36.9 Å². The van der Waals surface area contributed by atoms with Crippen LogP contribution in [0.3, 0.4) is 0 Å². The van der Waals surface area contributed by atoms with Gasteiger partial charge < -0.3 is 36.5 Å². The van der Waals surface area contributed by atoms with Crippen molar-refractivity contribution in [2.24, 2.45) is 5.73 Å². The zero-order valence-corrected chi connectivity index (χ0v) is 23.1. The minimum Gasteiger partial charge on any atom is -0.378 e. The predicted molar refractivity (Wildman–Crippen MR) is 154 cm³/mol. The molecule has 0 aliphatic heterocycles. The summed E-state index contributed by atoms with van der Waals surface area (Å²) in [5, 5.41) is 12.5. The summed E-state index contributed by atoms with van der Waals surface area (Å²) in [6.07, 6.45) is 1.82. The van der Waals surface area contributed by atoms with Crippen LogP contribution in [0.2, 0.25) is 0 Å². The van der Waals surface area contributed by atoms with Gasteiger partial charge in [-0.15, -0.1) is 0 Å². The Labute approximate surface area is 234 Å². The molecule has 0 radical (unpaired) electrons. The first-order chi connectivity index (χ1) is 19.5.